The number of aromatic nitrogens is 5. The Kier molecular flexibility index (Phi) is 7.81. The second-order valence-electron chi connectivity index (χ2n) is 10.6. The Balaban J connectivity index is 1.21. The summed E-state index contributed by atoms with van der Waals surface area (Å²) in [4.78, 5) is 34.2. The number of benzene rings is 1. The third kappa shape index (κ3) is 6.46. The first-order chi connectivity index (χ1) is 19.1. The van der Waals surface area contributed by atoms with E-state index in [9.17, 15) is 9.59 Å². The molecule has 0 radical (unpaired) electrons. The molecule has 0 aliphatic carbocycles. The lowest BCUT2D eigenvalue weighted by molar-refractivity contribution is -0.117. The Morgan fingerprint density at radius 2 is 1.93 bits per heavy atom. The fourth-order valence-electron chi connectivity index (χ4n) is 5.02. The lowest BCUT2D eigenvalue weighted by atomic mass is 10.1. The normalized spacial score (nSPS) is 15.6. The monoisotopic (exact) mass is 545 g/mol. The van der Waals surface area contributed by atoms with Crippen LogP contribution in [0.2, 0.25) is 0 Å². The highest BCUT2D eigenvalue weighted by Crippen LogP contribution is 2.27. The van der Waals surface area contributed by atoms with E-state index in [2.05, 4.69) is 49.7 Å². The van der Waals surface area contributed by atoms with Crippen LogP contribution in [-0.2, 0) is 11.8 Å². The fourth-order valence-corrected chi connectivity index (χ4v) is 5.02. The van der Waals surface area contributed by atoms with Gasteiger partial charge in [0.1, 0.15) is 11.4 Å². The number of fused-ring (bicyclic) bond motifs is 1. The summed E-state index contributed by atoms with van der Waals surface area (Å²) in [7, 11) is 5.89. The van der Waals surface area contributed by atoms with Crippen molar-refractivity contribution in [3.05, 3.63) is 59.5 Å². The number of hydrogen-bond acceptors (Lipinski definition) is 8. The number of aryl methyl sites for hydroxylation is 3. The molecule has 1 aromatic carbocycles. The molecule has 2 amide bonds. The summed E-state index contributed by atoms with van der Waals surface area (Å²) in [6.07, 6.45) is 2.76. The van der Waals surface area contributed by atoms with E-state index in [4.69, 9.17) is 4.74 Å². The van der Waals surface area contributed by atoms with Crippen LogP contribution in [0.5, 0.6) is 11.6 Å². The van der Waals surface area contributed by atoms with Gasteiger partial charge >= 0.3 is 0 Å². The van der Waals surface area contributed by atoms with Crippen LogP contribution in [-0.4, -0.2) is 86.3 Å². The number of imidazole rings is 1. The molecule has 0 bridgehead atoms. The molecule has 1 atom stereocenters. The maximum atomic E-state index is 12.8. The minimum atomic E-state index is -0.256. The number of hydrogen-bond donors (Lipinski definition) is 2. The minimum absolute atomic E-state index is 0.0964. The Bertz CT molecular complexity index is 1540. The molecular formula is C28H35N9O3. The van der Waals surface area contributed by atoms with Gasteiger partial charge in [-0.15, -0.1) is 5.10 Å². The van der Waals surface area contributed by atoms with Crippen molar-refractivity contribution >= 4 is 29.0 Å². The van der Waals surface area contributed by atoms with Crippen molar-refractivity contribution < 1.29 is 14.3 Å². The van der Waals surface area contributed by atoms with Crippen molar-refractivity contribution in [1.29, 1.82) is 0 Å². The second-order valence-corrected chi connectivity index (χ2v) is 10.6. The van der Waals surface area contributed by atoms with Crippen molar-refractivity contribution in [2.45, 2.75) is 20.3 Å². The average Bonchev–Trinajstić information content (AvgIpc) is 3.58. The molecule has 40 heavy (non-hydrogen) atoms. The van der Waals surface area contributed by atoms with Gasteiger partial charge in [-0.05, 0) is 70.6 Å². The van der Waals surface area contributed by atoms with Gasteiger partial charge in [-0.3, -0.25) is 19.2 Å². The molecule has 0 spiro atoms. The summed E-state index contributed by atoms with van der Waals surface area (Å²) in [6, 6.07) is 10.6. The molecule has 5 rings (SSSR count). The Hall–Kier alpha value is -4.29. The van der Waals surface area contributed by atoms with Gasteiger partial charge in [0, 0.05) is 38.0 Å². The Morgan fingerprint density at radius 1 is 1.10 bits per heavy atom. The lowest BCUT2D eigenvalue weighted by Crippen LogP contribution is -2.32. The zero-order valence-electron chi connectivity index (χ0n) is 23.5. The Labute approximate surface area is 232 Å². The van der Waals surface area contributed by atoms with Crippen LogP contribution in [0.15, 0.2) is 42.6 Å². The van der Waals surface area contributed by atoms with Gasteiger partial charge in [0.05, 0.1) is 18.4 Å². The SMILES string of the molecule is Cc1cc(C(=O)Nc2cc(Oc3ccc4nc(NC(=O)CN5CC[C@@H](CN(C)C)C5)cn4n3)ccc2C)n(C)n1. The first-order valence-electron chi connectivity index (χ1n) is 13.3. The molecule has 0 saturated carbocycles. The highest BCUT2D eigenvalue weighted by molar-refractivity contribution is 6.03. The van der Waals surface area contributed by atoms with Gasteiger partial charge in [0.2, 0.25) is 11.8 Å². The second kappa shape index (κ2) is 11.4. The third-order valence-corrected chi connectivity index (χ3v) is 6.84. The third-order valence-electron chi connectivity index (χ3n) is 6.84. The molecular weight excluding hydrogens is 510 g/mol. The van der Waals surface area contributed by atoms with Gasteiger partial charge < -0.3 is 20.3 Å². The minimum Gasteiger partial charge on any atom is -0.438 e. The quantitative estimate of drug-likeness (QED) is 0.329. The van der Waals surface area contributed by atoms with E-state index in [-0.39, 0.29) is 11.8 Å². The van der Waals surface area contributed by atoms with Crippen molar-refractivity contribution in [2.24, 2.45) is 13.0 Å². The maximum absolute atomic E-state index is 12.8. The van der Waals surface area contributed by atoms with E-state index in [0.29, 0.717) is 46.9 Å². The molecule has 4 aromatic rings. The lowest BCUT2D eigenvalue weighted by Gasteiger charge is -2.17. The molecule has 12 nitrogen and oxygen atoms in total. The molecule has 1 aliphatic rings. The van der Waals surface area contributed by atoms with Crippen LogP contribution >= 0.6 is 0 Å². The zero-order valence-corrected chi connectivity index (χ0v) is 23.5. The summed E-state index contributed by atoms with van der Waals surface area (Å²) in [5.41, 5.74) is 3.33. The summed E-state index contributed by atoms with van der Waals surface area (Å²) in [5.74, 6) is 1.53. The number of likely N-dealkylation sites (tertiary alicyclic amines) is 1. The van der Waals surface area contributed by atoms with Crippen LogP contribution < -0.4 is 15.4 Å². The molecule has 1 fully saturated rings. The van der Waals surface area contributed by atoms with Crippen LogP contribution in [0.1, 0.15) is 28.2 Å². The smallest absolute Gasteiger partial charge is 0.273 e. The van der Waals surface area contributed by atoms with E-state index in [1.807, 2.05) is 26.0 Å². The molecule has 0 unspecified atom stereocenters. The van der Waals surface area contributed by atoms with E-state index in [1.165, 1.54) is 0 Å². The van der Waals surface area contributed by atoms with Crippen LogP contribution in [0.4, 0.5) is 11.5 Å². The number of rotatable bonds is 9. The Morgan fingerprint density at radius 3 is 2.67 bits per heavy atom. The molecule has 3 aromatic heterocycles. The first-order valence-corrected chi connectivity index (χ1v) is 13.3. The summed E-state index contributed by atoms with van der Waals surface area (Å²) in [5, 5.41) is 14.5. The molecule has 2 N–H and O–H groups in total. The van der Waals surface area contributed by atoms with E-state index < -0.39 is 0 Å². The molecule has 12 heteroatoms. The van der Waals surface area contributed by atoms with Gasteiger partial charge in [-0.2, -0.15) is 5.10 Å². The molecule has 210 valence electrons. The topological polar surface area (TPSA) is 122 Å². The number of amides is 2. The number of carbonyl (C=O) groups excluding carboxylic acids is 2. The average molecular weight is 546 g/mol. The molecule has 1 aliphatic heterocycles. The van der Waals surface area contributed by atoms with Gasteiger partial charge in [0.15, 0.2) is 11.5 Å². The predicted molar refractivity (Wildman–Crippen MR) is 152 cm³/mol. The largest absolute Gasteiger partial charge is 0.438 e. The van der Waals surface area contributed by atoms with Crippen LogP contribution in [0, 0.1) is 19.8 Å². The first kappa shape index (κ1) is 27.3. The standard InChI is InChI=1S/C28H35N9O3/c1-18-6-7-21(13-22(18)29-28(39)23-12-19(2)32-35(23)5)40-27-9-8-25-30-24(16-37(25)33-27)31-26(38)17-36-11-10-20(15-36)14-34(3)4/h6-9,12-13,16,20H,10-11,14-15,17H2,1-5H3,(H,29,39)(H,31,38)/t20-/m0/s1. The maximum Gasteiger partial charge on any atom is 0.273 e. The van der Waals surface area contributed by atoms with Gasteiger partial charge in [-0.25, -0.2) is 9.50 Å². The van der Waals surface area contributed by atoms with Gasteiger partial charge in [-0.1, -0.05) is 6.07 Å². The van der Waals surface area contributed by atoms with Crippen molar-refractivity contribution in [2.75, 3.05) is 50.9 Å². The van der Waals surface area contributed by atoms with Crippen molar-refractivity contribution in [3.63, 3.8) is 0 Å². The van der Waals surface area contributed by atoms with E-state index in [0.717, 1.165) is 37.3 Å². The number of nitrogens with one attached hydrogen (secondary N) is 2. The molecule has 4 heterocycles. The summed E-state index contributed by atoms with van der Waals surface area (Å²) < 4.78 is 9.10. The highest BCUT2D eigenvalue weighted by atomic mass is 16.5. The van der Waals surface area contributed by atoms with Crippen molar-refractivity contribution in [3.8, 4) is 11.6 Å². The van der Waals surface area contributed by atoms with Crippen LogP contribution in [0.25, 0.3) is 5.65 Å². The number of anilines is 2. The van der Waals surface area contributed by atoms with Crippen molar-refractivity contribution in [1.82, 2.24) is 34.2 Å². The summed E-state index contributed by atoms with van der Waals surface area (Å²) in [6.45, 7) is 6.97. The summed E-state index contributed by atoms with van der Waals surface area (Å²) >= 11 is 0. The highest BCUT2D eigenvalue weighted by Gasteiger charge is 2.24. The number of carbonyl (C=O) groups is 2. The number of nitrogens with zero attached hydrogens (tertiary/aromatic N) is 7. The van der Waals surface area contributed by atoms with E-state index in [1.54, 1.807) is 46.7 Å². The van der Waals surface area contributed by atoms with Gasteiger partial charge in [0.25, 0.3) is 5.91 Å². The molecule has 1 saturated heterocycles. The fraction of sp³-hybridized carbons (Fsp3) is 0.393. The number of ether oxygens (including phenoxy) is 1. The van der Waals surface area contributed by atoms with Crippen LogP contribution in [0.3, 0.4) is 0 Å². The zero-order chi connectivity index (χ0) is 28.4. The predicted octanol–water partition coefficient (Wildman–Crippen LogP) is 2.95. The van der Waals surface area contributed by atoms with E-state index >= 15 is 0 Å².